The number of hydrogen-bond donors (Lipinski definition) is 0. The van der Waals surface area contributed by atoms with E-state index in [1.54, 1.807) is 0 Å². The molecule has 6 heteroatoms. The summed E-state index contributed by atoms with van der Waals surface area (Å²) in [5, 5.41) is 0. The Hall–Kier alpha value is -1.59. The number of carbonyl (C=O) groups is 3. The summed E-state index contributed by atoms with van der Waals surface area (Å²) in [7, 11) is 0. The molecule has 0 N–H and O–H groups in total. The lowest BCUT2D eigenvalue weighted by Crippen LogP contribution is -2.30. The van der Waals surface area contributed by atoms with Crippen molar-refractivity contribution in [2.75, 3.05) is 13.2 Å². The van der Waals surface area contributed by atoms with Gasteiger partial charge in [0.15, 0.2) is 6.10 Å². The van der Waals surface area contributed by atoms with Crippen molar-refractivity contribution in [3.8, 4) is 0 Å². The molecule has 0 saturated carbocycles. The number of ether oxygens (including phenoxy) is 3. The Kier molecular flexibility index (Phi) is 71.5. The average molecular weight is 1170 g/mol. The third-order valence-corrected chi connectivity index (χ3v) is 18.1. The SMILES string of the molecule is CCCCCCCCCCCCCCCCCCCCCCCCCCCCCC(=O)OCC(COC(=O)CCCCCCCCCCCCCCCCCCCC)OC(=O)CCCCCCCCCCCCCCCCCCCCCC. The molecule has 6 nitrogen and oxygen atoms in total. The van der Waals surface area contributed by atoms with Crippen LogP contribution in [0, 0.1) is 0 Å². The second-order valence-electron chi connectivity index (χ2n) is 26.6. The summed E-state index contributed by atoms with van der Waals surface area (Å²) in [6.45, 7) is 6.76. The molecule has 0 spiro atoms. The summed E-state index contributed by atoms with van der Waals surface area (Å²) in [4.78, 5) is 38.6. The predicted octanol–water partition coefficient (Wildman–Crippen LogP) is 26.6. The molecule has 0 aromatic rings. The molecule has 0 rings (SSSR count). The average Bonchev–Trinajstić information content (AvgIpc) is 3.49. The fourth-order valence-corrected chi connectivity index (χ4v) is 12.3. The Morgan fingerprint density at radius 2 is 0.325 bits per heavy atom. The van der Waals surface area contributed by atoms with Crippen molar-refractivity contribution in [3.63, 3.8) is 0 Å². The zero-order valence-electron chi connectivity index (χ0n) is 57.0. The molecule has 0 aliphatic rings. The lowest BCUT2D eigenvalue weighted by atomic mass is 10.0. The van der Waals surface area contributed by atoms with Crippen molar-refractivity contribution >= 4 is 17.9 Å². The summed E-state index contributed by atoms with van der Waals surface area (Å²) >= 11 is 0. The maximum atomic E-state index is 13.0. The van der Waals surface area contributed by atoms with Crippen LogP contribution < -0.4 is 0 Å². The summed E-state index contributed by atoms with van der Waals surface area (Å²) in [5.41, 5.74) is 0. The molecule has 0 amide bonds. The molecule has 0 aromatic carbocycles. The number of hydrogen-bond acceptors (Lipinski definition) is 6. The van der Waals surface area contributed by atoms with E-state index < -0.39 is 6.10 Å². The van der Waals surface area contributed by atoms with Crippen LogP contribution in [0.3, 0.4) is 0 Å². The highest BCUT2D eigenvalue weighted by Crippen LogP contribution is 2.20. The predicted molar refractivity (Wildman–Crippen MR) is 363 cm³/mol. The van der Waals surface area contributed by atoms with Crippen LogP contribution in [0.4, 0.5) is 0 Å². The van der Waals surface area contributed by atoms with Crippen LogP contribution >= 0.6 is 0 Å². The topological polar surface area (TPSA) is 78.9 Å². The highest BCUT2D eigenvalue weighted by atomic mass is 16.6. The van der Waals surface area contributed by atoms with Gasteiger partial charge in [-0.15, -0.1) is 0 Å². The first-order valence-corrected chi connectivity index (χ1v) is 38.5. The first kappa shape index (κ1) is 81.4. The standard InChI is InChI=1S/C77H150O6/c1-4-7-10-13-16-19-22-25-28-31-34-36-37-38-39-40-41-42-44-46-49-52-55-58-61-64-67-70-76(79)82-73-74(72-81-75(78)69-66-63-60-57-54-51-48-45-33-30-27-24-21-18-15-12-9-6-3)83-77(80)71-68-65-62-59-56-53-50-47-43-35-32-29-26-23-20-17-14-11-8-5-2/h74H,4-73H2,1-3H3. The Balaban J connectivity index is 4.21. The van der Waals surface area contributed by atoms with Crippen molar-refractivity contribution in [3.05, 3.63) is 0 Å². The van der Waals surface area contributed by atoms with Crippen molar-refractivity contribution in [1.82, 2.24) is 0 Å². The van der Waals surface area contributed by atoms with E-state index in [1.165, 1.54) is 360 Å². The van der Waals surface area contributed by atoms with Crippen LogP contribution in [-0.2, 0) is 28.6 Å². The lowest BCUT2D eigenvalue weighted by Gasteiger charge is -2.18. The number of unbranched alkanes of at least 4 members (excludes halogenated alkanes) is 62. The normalized spacial score (nSPS) is 11.9. The second kappa shape index (κ2) is 72.9. The second-order valence-corrected chi connectivity index (χ2v) is 26.6. The maximum Gasteiger partial charge on any atom is 0.306 e. The zero-order valence-corrected chi connectivity index (χ0v) is 57.0. The molecule has 1 atom stereocenters. The maximum absolute atomic E-state index is 13.0. The molecule has 0 fully saturated rings. The smallest absolute Gasteiger partial charge is 0.306 e. The summed E-state index contributed by atoms with van der Waals surface area (Å²) in [6.07, 6.45) is 87.2. The fraction of sp³-hybridized carbons (Fsp3) is 0.961. The Bertz CT molecular complexity index is 1250. The van der Waals surface area contributed by atoms with Crippen molar-refractivity contribution in [2.45, 2.75) is 463 Å². The van der Waals surface area contributed by atoms with E-state index in [4.69, 9.17) is 14.2 Å². The van der Waals surface area contributed by atoms with Crippen LogP contribution in [-0.4, -0.2) is 37.2 Å². The lowest BCUT2D eigenvalue weighted by molar-refractivity contribution is -0.167. The minimum absolute atomic E-state index is 0.0597. The molecule has 1 unspecified atom stereocenters. The van der Waals surface area contributed by atoms with Crippen LogP contribution in [0.2, 0.25) is 0 Å². The molecule has 0 heterocycles. The van der Waals surface area contributed by atoms with Crippen LogP contribution in [0.1, 0.15) is 457 Å². The largest absolute Gasteiger partial charge is 0.462 e. The van der Waals surface area contributed by atoms with E-state index in [2.05, 4.69) is 20.8 Å². The Morgan fingerprint density at radius 1 is 0.193 bits per heavy atom. The van der Waals surface area contributed by atoms with E-state index in [9.17, 15) is 14.4 Å². The van der Waals surface area contributed by atoms with Gasteiger partial charge in [-0.25, -0.2) is 0 Å². The monoisotopic (exact) mass is 1170 g/mol. The van der Waals surface area contributed by atoms with Crippen LogP contribution in [0.25, 0.3) is 0 Å². The van der Waals surface area contributed by atoms with E-state index in [-0.39, 0.29) is 31.1 Å². The molecule has 83 heavy (non-hydrogen) atoms. The van der Waals surface area contributed by atoms with Gasteiger partial charge in [0.05, 0.1) is 0 Å². The van der Waals surface area contributed by atoms with E-state index in [1.807, 2.05) is 0 Å². The van der Waals surface area contributed by atoms with Gasteiger partial charge in [0.1, 0.15) is 13.2 Å². The number of carbonyl (C=O) groups excluding carboxylic acids is 3. The van der Waals surface area contributed by atoms with Gasteiger partial charge < -0.3 is 14.2 Å². The van der Waals surface area contributed by atoms with Gasteiger partial charge in [0.25, 0.3) is 0 Å². The number of esters is 3. The molecule has 0 aliphatic heterocycles. The molecule has 0 aliphatic carbocycles. The molecule has 0 saturated heterocycles. The molecular weight excluding hydrogens is 1020 g/mol. The van der Waals surface area contributed by atoms with Crippen LogP contribution in [0.15, 0.2) is 0 Å². The summed E-state index contributed by atoms with van der Waals surface area (Å²) in [6, 6.07) is 0. The van der Waals surface area contributed by atoms with E-state index in [0.29, 0.717) is 19.3 Å². The highest BCUT2D eigenvalue weighted by Gasteiger charge is 2.20. The zero-order chi connectivity index (χ0) is 59.9. The minimum Gasteiger partial charge on any atom is -0.462 e. The molecule has 0 bridgehead atoms. The highest BCUT2D eigenvalue weighted by molar-refractivity contribution is 5.71. The Labute approximate surface area is 520 Å². The number of rotatable bonds is 73. The van der Waals surface area contributed by atoms with Gasteiger partial charge in [-0.2, -0.15) is 0 Å². The summed E-state index contributed by atoms with van der Waals surface area (Å²) < 4.78 is 17.1. The molecular formula is C77H150O6. The van der Waals surface area contributed by atoms with E-state index in [0.717, 1.165) is 57.8 Å². The quantitative estimate of drug-likeness (QED) is 0.0343. The first-order valence-electron chi connectivity index (χ1n) is 38.5. The molecule has 0 aromatic heterocycles. The van der Waals surface area contributed by atoms with Gasteiger partial charge in [0, 0.05) is 19.3 Å². The van der Waals surface area contributed by atoms with Crippen LogP contribution in [0.5, 0.6) is 0 Å². The first-order chi connectivity index (χ1) is 41.0. The fourth-order valence-electron chi connectivity index (χ4n) is 12.3. The third-order valence-electron chi connectivity index (χ3n) is 18.1. The molecule has 494 valence electrons. The summed E-state index contributed by atoms with van der Waals surface area (Å²) in [5.74, 6) is -0.813. The Morgan fingerprint density at radius 3 is 0.482 bits per heavy atom. The molecule has 0 radical (unpaired) electrons. The van der Waals surface area contributed by atoms with Gasteiger partial charge in [-0.05, 0) is 19.3 Å². The van der Waals surface area contributed by atoms with Crippen molar-refractivity contribution in [2.24, 2.45) is 0 Å². The van der Waals surface area contributed by atoms with Gasteiger partial charge in [-0.3, -0.25) is 14.4 Å². The third kappa shape index (κ3) is 71.1. The van der Waals surface area contributed by atoms with Gasteiger partial charge in [-0.1, -0.05) is 419 Å². The van der Waals surface area contributed by atoms with Gasteiger partial charge >= 0.3 is 17.9 Å². The van der Waals surface area contributed by atoms with Gasteiger partial charge in [0.2, 0.25) is 0 Å². The van der Waals surface area contributed by atoms with Crippen molar-refractivity contribution < 1.29 is 28.6 Å². The van der Waals surface area contributed by atoms with E-state index >= 15 is 0 Å². The minimum atomic E-state index is -0.764. The van der Waals surface area contributed by atoms with Crippen molar-refractivity contribution in [1.29, 1.82) is 0 Å².